The van der Waals surface area contributed by atoms with E-state index in [1.165, 1.54) is 17.8 Å². The number of hydrogen-bond acceptors (Lipinski definition) is 4. The van der Waals surface area contributed by atoms with E-state index in [1.54, 1.807) is 11.9 Å². The van der Waals surface area contributed by atoms with Gasteiger partial charge < -0.3 is 10.0 Å². The smallest absolute Gasteiger partial charge is 0.320 e. The van der Waals surface area contributed by atoms with Crippen molar-refractivity contribution in [2.45, 2.75) is 50.7 Å². The van der Waals surface area contributed by atoms with E-state index in [4.69, 9.17) is 11.6 Å². The summed E-state index contributed by atoms with van der Waals surface area (Å²) in [7, 11) is 1.76. The second-order valence-corrected chi connectivity index (χ2v) is 8.63. The number of hydrogen-bond donors (Lipinski definition) is 1. The Kier molecular flexibility index (Phi) is 5.47. The molecule has 1 saturated carbocycles. The lowest BCUT2D eigenvalue weighted by Gasteiger charge is -2.33. The molecule has 1 aliphatic carbocycles. The van der Waals surface area contributed by atoms with Crippen molar-refractivity contribution in [1.29, 1.82) is 0 Å². The maximum atomic E-state index is 12.6. The van der Waals surface area contributed by atoms with Crippen LogP contribution in [0.3, 0.4) is 0 Å². The molecule has 3 atom stereocenters. The van der Waals surface area contributed by atoms with Crippen LogP contribution in [0.2, 0.25) is 4.34 Å². The fraction of sp³-hybridized carbons (Fsp3) is 0.647. The van der Waals surface area contributed by atoms with E-state index in [-0.39, 0.29) is 18.5 Å². The van der Waals surface area contributed by atoms with Crippen molar-refractivity contribution in [3.05, 3.63) is 21.3 Å². The largest absolute Gasteiger partial charge is 0.480 e. The molecule has 7 heteroatoms. The molecular weight excluding hydrogens is 348 g/mol. The molecule has 1 aliphatic heterocycles. The number of amides is 1. The molecule has 3 rings (SSSR count). The Balaban J connectivity index is 1.65. The Hall–Kier alpha value is -1.11. The van der Waals surface area contributed by atoms with Crippen molar-refractivity contribution in [2.24, 2.45) is 5.92 Å². The predicted octanol–water partition coefficient (Wildman–Crippen LogP) is 3.08. The van der Waals surface area contributed by atoms with Gasteiger partial charge in [-0.1, -0.05) is 24.4 Å². The number of aliphatic carboxylic acids is 1. The van der Waals surface area contributed by atoms with Gasteiger partial charge in [-0.2, -0.15) is 0 Å². The van der Waals surface area contributed by atoms with Gasteiger partial charge in [0.15, 0.2) is 0 Å². The molecule has 132 valence electrons. The van der Waals surface area contributed by atoms with E-state index in [0.717, 1.165) is 24.1 Å². The fourth-order valence-electron chi connectivity index (χ4n) is 4.06. The fourth-order valence-corrected chi connectivity index (χ4v) is 5.20. The molecule has 2 heterocycles. The van der Waals surface area contributed by atoms with Gasteiger partial charge >= 0.3 is 5.97 Å². The topological polar surface area (TPSA) is 60.9 Å². The Labute approximate surface area is 151 Å². The number of likely N-dealkylation sites (tertiary alicyclic amines) is 1. The molecule has 0 radical (unpaired) electrons. The minimum Gasteiger partial charge on any atom is -0.480 e. The Morgan fingerprint density at radius 3 is 2.79 bits per heavy atom. The summed E-state index contributed by atoms with van der Waals surface area (Å²) in [5.41, 5.74) is 0. The molecule has 0 bridgehead atoms. The molecule has 1 saturated heterocycles. The zero-order valence-electron chi connectivity index (χ0n) is 13.8. The van der Waals surface area contributed by atoms with E-state index in [0.29, 0.717) is 23.2 Å². The second kappa shape index (κ2) is 7.42. The predicted molar refractivity (Wildman–Crippen MR) is 94.3 cm³/mol. The number of carboxylic acids is 1. The maximum Gasteiger partial charge on any atom is 0.320 e. The van der Waals surface area contributed by atoms with Crippen LogP contribution in [0.25, 0.3) is 0 Å². The van der Waals surface area contributed by atoms with Crippen molar-refractivity contribution in [3.63, 3.8) is 0 Å². The number of rotatable bonds is 5. The normalized spacial score (nSPS) is 27.0. The van der Waals surface area contributed by atoms with Gasteiger partial charge in [-0.15, -0.1) is 11.3 Å². The summed E-state index contributed by atoms with van der Waals surface area (Å²) >= 11 is 7.40. The van der Waals surface area contributed by atoms with Gasteiger partial charge in [0.05, 0.1) is 17.4 Å². The van der Waals surface area contributed by atoms with E-state index >= 15 is 0 Å². The van der Waals surface area contributed by atoms with Crippen LogP contribution in [-0.2, 0) is 16.1 Å². The number of fused-ring (bicyclic) bond motifs is 1. The van der Waals surface area contributed by atoms with Gasteiger partial charge in [-0.3, -0.25) is 14.5 Å². The third-order valence-electron chi connectivity index (χ3n) is 5.27. The summed E-state index contributed by atoms with van der Waals surface area (Å²) in [6.07, 6.45) is 5.07. The number of carboxylic acid groups (broad SMARTS) is 1. The number of likely N-dealkylation sites (N-methyl/N-ethyl adjacent to an activating group) is 1. The van der Waals surface area contributed by atoms with Crippen molar-refractivity contribution in [2.75, 3.05) is 13.6 Å². The minimum atomic E-state index is -0.801. The molecule has 1 N–H and O–H groups in total. The summed E-state index contributed by atoms with van der Waals surface area (Å²) in [6.45, 7) is 0.698. The standard InChI is InChI=1S/C17H23ClN2O3S/c1-19(9-12-6-7-15(18)24-12)16(21)10-20-13-5-3-2-4-11(13)8-14(20)17(22)23/h6-7,11,13-14H,2-5,8-10H2,1H3,(H,22,23)/t11-,13-,14+/m1/s1. The number of carbonyl (C=O) groups excluding carboxylic acids is 1. The Bertz CT molecular complexity index is 621. The first-order chi connectivity index (χ1) is 11.5. The molecule has 0 unspecified atom stereocenters. The highest BCUT2D eigenvalue weighted by Crippen LogP contribution is 2.39. The molecule has 24 heavy (non-hydrogen) atoms. The van der Waals surface area contributed by atoms with Crippen LogP contribution in [0.5, 0.6) is 0 Å². The first-order valence-electron chi connectivity index (χ1n) is 8.42. The lowest BCUT2D eigenvalue weighted by molar-refractivity contribution is -0.144. The molecular formula is C17H23ClN2O3S. The summed E-state index contributed by atoms with van der Waals surface area (Å²) < 4.78 is 0.710. The highest BCUT2D eigenvalue weighted by molar-refractivity contribution is 7.16. The average molecular weight is 371 g/mol. The van der Waals surface area contributed by atoms with Crippen LogP contribution >= 0.6 is 22.9 Å². The van der Waals surface area contributed by atoms with Crippen LogP contribution < -0.4 is 0 Å². The van der Waals surface area contributed by atoms with Crippen LogP contribution in [0.15, 0.2) is 12.1 Å². The zero-order valence-corrected chi connectivity index (χ0v) is 15.4. The third-order valence-corrected chi connectivity index (χ3v) is 6.49. The monoisotopic (exact) mass is 370 g/mol. The van der Waals surface area contributed by atoms with Gasteiger partial charge in [0.2, 0.25) is 5.91 Å². The van der Waals surface area contributed by atoms with Gasteiger partial charge in [-0.05, 0) is 37.3 Å². The highest BCUT2D eigenvalue weighted by Gasteiger charge is 2.45. The van der Waals surface area contributed by atoms with Crippen LogP contribution in [0.4, 0.5) is 0 Å². The zero-order chi connectivity index (χ0) is 17.3. The average Bonchev–Trinajstić information content (AvgIpc) is 3.11. The van der Waals surface area contributed by atoms with Gasteiger partial charge in [-0.25, -0.2) is 0 Å². The number of carbonyl (C=O) groups is 2. The number of halogens is 1. The summed E-state index contributed by atoms with van der Waals surface area (Å²) in [5.74, 6) is -0.407. The second-order valence-electron chi connectivity index (χ2n) is 6.83. The molecule has 1 amide bonds. The van der Waals surface area contributed by atoms with Crippen LogP contribution in [-0.4, -0.2) is 52.5 Å². The molecule has 2 aliphatic rings. The Morgan fingerprint density at radius 1 is 1.38 bits per heavy atom. The molecule has 1 aromatic rings. The third kappa shape index (κ3) is 3.76. The van der Waals surface area contributed by atoms with Crippen LogP contribution in [0.1, 0.15) is 37.0 Å². The first kappa shape index (κ1) is 17.7. The molecule has 5 nitrogen and oxygen atoms in total. The Morgan fingerprint density at radius 2 is 2.12 bits per heavy atom. The van der Waals surface area contributed by atoms with Crippen LogP contribution in [0, 0.1) is 5.92 Å². The molecule has 0 aromatic carbocycles. The summed E-state index contributed by atoms with van der Waals surface area (Å²) in [4.78, 5) is 28.9. The van der Waals surface area contributed by atoms with Crippen molar-refractivity contribution >= 4 is 34.8 Å². The highest BCUT2D eigenvalue weighted by atomic mass is 35.5. The molecule has 2 fully saturated rings. The summed E-state index contributed by atoms with van der Waals surface area (Å²) in [6, 6.07) is 3.47. The first-order valence-corrected chi connectivity index (χ1v) is 9.62. The summed E-state index contributed by atoms with van der Waals surface area (Å²) in [5, 5.41) is 9.54. The maximum absolute atomic E-state index is 12.6. The van der Waals surface area contributed by atoms with Gasteiger partial charge in [0.1, 0.15) is 6.04 Å². The lowest BCUT2D eigenvalue weighted by Crippen LogP contribution is -2.47. The number of nitrogens with zero attached hydrogens (tertiary/aromatic N) is 2. The van der Waals surface area contributed by atoms with E-state index in [9.17, 15) is 14.7 Å². The SMILES string of the molecule is CN(Cc1ccc(Cl)s1)C(=O)CN1[C@@H]2CCCC[C@@H]2C[C@H]1C(=O)O. The number of thiophene rings is 1. The van der Waals surface area contributed by atoms with Crippen molar-refractivity contribution < 1.29 is 14.7 Å². The molecule has 1 aromatic heterocycles. The van der Waals surface area contributed by atoms with E-state index in [1.807, 2.05) is 17.0 Å². The van der Waals surface area contributed by atoms with Crippen molar-refractivity contribution in [1.82, 2.24) is 9.80 Å². The quantitative estimate of drug-likeness (QED) is 0.865. The van der Waals surface area contributed by atoms with E-state index < -0.39 is 12.0 Å². The minimum absolute atomic E-state index is 0.0306. The van der Waals surface area contributed by atoms with Gasteiger partial charge in [0.25, 0.3) is 0 Å². The van der Waals surface area contributed by atoms with Crippen molar-refractivity contribution in [3.8, 4) is 0 Å². The van der Waals surface area contributed by atoms with Gasteiger partial charge in [0, 0.05) is 18.0 Å². The molecule has 0 spiro atoms. The lowest BCUT2D eigenvalue weighted by atomic mass is 9.85. The van der Waals surface area contributed by atoms with E-state index in [2.05, 4.69) is 0 Å².